The molecule has 0 saturated carbocycles. The van der Waals surface area contributed by atoms with Crippen LogP contribution in [0.25, 0.3) is 0 Å². The largest absolute Gasteiger partial charge is 0.120 e. The van der Waals surface area contributed by atoms with Gasteiger partial charge in [0.1, 0.15) is 0 Å². The maximum atomic E-state index is 5.58. The Balaban J connectivity index is 4.58. The van der Waals surface area contributed by atoms with Crippen LogP contribution in [0, 0.1) is 53.8 Å². The minimum atomic E-state index is -0.242. The summed E-state index contributed by atoms with van der Waals surface area (Å²) in [6.07, 6.45) is 12.5. The monoisotopic (exact) mass is 199 g/mol. The number of hydrogen-bond acceptors (Lipinski definition) is 0. The van der Waals surface area contributed by atoms with Crippen molar-refractivity contribution < 1.29 is 0 Å². The number of terminal acetylenes is 2. The zero-order valence-electron chi connectivity index (χ0n) is 10.1. The van der Waals surface area contributed by atoms with Gasteiger partial charge in [0.05, 0.1) is 0 Å². The molecule has 0 heteroatoms. The van der Waals surface area contributed by atoms with E-state index in [1.54, 1.807) is 0 Å². The summed E-state index contributed by atoms with van der Waals surface area (Å²) in [6, 6.07) is 0. The summed E-state index contributed by atoms with van der Waals surface area (Å²) in [5.74, 6) is 13.0. The molecule has 1 radical (unpaired) electrons. The van der Waals surface area contributed by atoms with Crippen LogP contribution < -0.4 is 0 Å². The predicted molar refractivity (Wildman–Crippen MR) is 66.5 cm³/mol. The standard InChI is InChI=1S/C15H19/c1-7-10-11-15(6,9-3)14(5)12-13(4)8-2/h2-3,13H,11-12H2,1,4-6H3. The summed E-state index contributed by atoms with van der Waals surface area (Å²) < 4.78 is 0. The topological polar surface area (TPSA) is 0 Å². The van der Waals surface area contributed by atoms with E-state index in [1.807, 2.05) is 13.8 Å². The van der Waals surface area contributed by atoms with E-state index in [4.69, 9.17) is 12.8 Å². The lowest BCUT2D eigenvalue weighted by molar-refractivity contribution is 0.434. The van der Waals surface area contributed by atoms with Gasteiger partial charge in [-0.2, -0.15) is 0 Å². The van der Waals surface area contributed by atoms with Crippen LogP contribution in [0.4, 0.5) is 0 Å². The second kappa shape index (κ2) is 6.22. The van der Waals surface area contributed by atoms with Gasteiger partial charge in [-0.25, -0.2) is 0 Å². The first-order valence-electron chi connectivity index (χ1n) is 5.16. The predicted octanol–water partition coefficient (Wildman–Crippen LogP) is 3.29. The highest BCUT2D eigenvalue weighted by Crippen LogP contribution is 2.35. The molecule has 2 unspecified atom stereocenters. The molecule has 0 rings (SSSR count). The highest BCUT2D eigenvalue weighted by Gasteiger charge is 2.29. The van der Waals surface area contributed by atoms with Crippen LogP contribution in [0.3, 0.4) is 0 Å². The van der Waals surface area contributed by atoms with Crippen molar-refractivity contribution in [1.82, 2.24) is 0 Å². The third kappa shape index (κ3) is 4.14. The molecule has 15 heavy (non-hydrogen) atoms. The Morgan fingerprint density at radius 1 is 1.40 bits per heavy atom. The van der Waals surface area contributed by atoms with Crippen molar-refractivity contribution in [3.8, 4) is 36.5 Å². The van der Waals surface area contributed by atoms with E-state index >= 15 is 0 Å². The molecule has 0 aliphatic rings. The zero-order chi connectivity index (χ0) is 11.9. The summed E-state index contributed by atoms with van der Waals surface area (Å²) in [7, 11) is 0. The van der Waals surface area contributed by atoms with E-state index in [9.17, 15) is 0 Å². The van der Waals surface area contributed by atoms with E-state index in [0.717, 1.165) is 6.42 Å². The second-order valence-electron chi connectivity index (χ2n) is 4.13. The van der Waals surface area contributed by atoms with Gasteiger partial charge >= 0.3 is 0 Å². The highest BCUT2D eigenvalue weighted by molar-refractivity contribution is 5.22. The van der Waals surface area contributed by atoms with Crippen LogP contribution in [0.15, 0.2) is 0 Å². The second-order valence-corrected chi connectivity index (χ2v) is 4.13. The van der Waals surface area contributed by atoms with Gasteiger partial charge in [-0.1, -0.05) is 19.8 Å². The smallest absolute Gasteiger partial charge is 0.0452 e. The molecule has 0 saturated heterocycles. The molecule has 0 heterocycles. The van der Waals surface area contributed by atoms with Crippen molar-refractivity contribution in [3.63, 3.8) is 0 Å². The van der Waals surface area contributed by atoms with Crippen LogP contribution in [-0.2, 0) is 0 Å². The van der Waals surface area contributed by atoms with Crippen molar-refractivity contribution in [2.75, 3.05) is 0 Å². The molecule has 2 atom stereocenters. The van der Waals surface area contributed by atoms with Gasteiger partial charge in [0.2, 0.25) is 0 Å². The first-order valence-corrected chi connectivity index (χ1v) is 5.16. The quantitative estimate of drug-likeness (QED) is 0.609. The van der Waals surface area contributed by atoms with Crippen LogP contribution in [0.5, 0.6) is 0 Å². The molecule has 0 fully saturated rings. The highest BCUT2D eigenvalue weighted by atomic mass is 14.3. The maximum Gasteiger partial charge on any atom is 0.0452 e. The van der Waals surface area contributed by atoms with Crippen molar-refractivity contribution in [2.24, 2.45) is 11.3 Å². The molecule has 0 aliphatic carbocycles. The zero-order valence-corrected chi connectivity index (χ0v) is 10.1. The summed E-state index contributed by atoms with van der Waals surface area (Å²) in [5, 5.41) is 0. The molecule has 0 aromatic carbocycles. The molecule has 0 aromatic heterocycles. The maximum absolute atomic E-state index is 5.58. The summed E-state index contributed by atoms with van der Waals surface area (Å²) in [6.45, 7) is 7.99. The fourth-order valence-corrected chi connectivity index (χ4v) is 1.33. The lowest BCUT2D eigenvalue weighted by Gasteiger charge is -2.29. The Morgan fingerprint density at radius 3 is 2.40 bits per heavy atom. The first-order chi connectivity index (χ1) is 7.00. The summed E-state index contributed by atoms with van der Waals surface area (Å²) >= 11 is 0. The van der Waals surface area contributed by atoms with Crippen LogP contribution in [-0.4, -0.2) is 0 Å². The molecule has 0 aliphatic heterocycles. The van der Waals surface area contributed by atoms with Crippen LogP contribution in [0.1, 0.15) is 40.5 Å². The van der Waals surface area contributed by atoms with Gasteiger partial charge in [0.15, 0.2) is 0 Å². The third-order valence-corrected chi connectivity index (χ3v) is 2.78. The Kier molecular flexibility index (Phi) is 5.67. The fraction of sp³-hybridized carbons (Fsp3) is 0.533. The molecule has 79 valence electrons. The fourth-order valence-electron chi connectivity index (χ4n) is 1.33. The van der Waals surface area contributed by atoms with E-state index < -0.39 is 0 Å². The van der Waals surface area contributed by atoms with Gasteiger partial charge in [-0.05, 0) is 26.2 Å². The van der Waals surface area contributed by atoms with E-state index in [2.05, 4.69) is 37.5 Å². The molecule has 0 amide bonds. The summed E-state index contributed by atoms with van der Waals surface area (Å²) in [4.78, 5) is 0. The number of rotatable bonds is 4. The van der Waals surface area contributed by atoms with Crippen molar-refractivity contribution in [3.05, 3.63) is 5.92 Å². The van der Waals surface area contributed by atoms with Gasteiger partial charge in [-0.15, -0.1) is 30.6 Å². The molecule has 0 bridgehead atoms. The molecular formula is C15H19. The van der Waals surface area contributed by atoms with E-state index in [1.165, 1.54) is 5.92 Å². The Labute approximate surface area is 94.8 Å². The van der Waals surface area contributed by atoms with Gasteiger partial charge in [-0.3, -0.25) is 0 Å². The van der Waals surface area contributed by atoms with Gasteiger partial charge < -0.3 is 0 Å². The minimum Gasteiger partial charge on any atom is -0.120 e. The molecule has 0 aromatic rings. The SMILES string of the molecule is C#CC(C)C[C](C)C(C)(C#C)CC#CC. The molecule has 0 N–H and O–H groups in total. The normalized spacial score (nSPS) is 15.4. The van der Waals surface area contributed by atoms with Crippen LogP contribution in [0.2, 0.25) is 0 Å². The number of hydrogen-bond donors (Lipinski definition) is 0. The lowest BCUT2D eigenvalue weighted by Crippen LogP contribution is -2.22. The first kappa shape index (κ1) is 13.7. The summed E-state index contributed by atoms with van der Waals surface area (Å²) in [5.41, 5.74) is -0.242. The average molecular weight is 199 g/mol. The van der Waals surface area contributed by atoms with Gasteiger partial charge in [0, 0.05) is 17.8 Å². The van der Waals surface area contributed by atoms with Gasteiger partial charge in [0.25, 0.3) is 0 Å². The Hall–Kier alpha value is -1.32. The van der Waals surface area contributed by atoms with Crippen molar-refractivity contribution in [1.29, 1.82) is 0 Å². The molecule has 0 spiro atoms. The third-order valence-electron chi connectivity index (χ3n) is 2.78. The van der Waals surface area contributed by atoms with E-state index in [-0.39, 0.29) is 11.3 Å². The Bertz CT molecular complexity index is 326. The lowest BCUT2D eigenvalue weighted by atomic mass is 9.73. The molecule has 0 nitrogen and oxygen atoms in total. The van der Waals surface area contributed by atoms with Crippen molar-refractivity contribution in [2.45, 2.75) is 40.5 Å². The Morgan fingerprint density at radius 2 is 2.00 bits per heavy atom. The van der Waals surface area contributed by atoms with Crippen LogP contribution >= 0.6 is 0 Å². The minimum absolute atomic E-state index is 0.242. The average Bonchev–Trinajstić information content (AvgIpc) is 2.25. The van der Waals surface area contributed by atoms with E-state index in [0.29, 0.717) is 6.42 Å². The van der Waals surface area contributed by atoms with Crippen molar-refractivity contribution >= 4 is 0 Å². The molecular weight excluding hydrogens is 180 g/mol.